The van der Waals surface area contributed by atoms with Gasteiger partial charge >= 0.3 is 0 Å². The molecule has 0 fully saturated rings. The fourth-order valence-corrected chi connectivity index (χ4v) is 2.35. The first-order valence-electron chi connectivity index (χ1n) is 4.02. The number of anilines is 1. The zero-order chi connectivity index (χ0) is 10.6. The number of aryl methyl sites for hydroxylation is 1. The lowest BCUT2D eigenvalue weighted by Gasteiger charge is -2.07. The summed E-state index contributed by atoms with van der Waals surface area (Å²) in [4.78, 5) is 3.83. The smallest absolute Gasteiger partial charge is 0.233 e. The molecule has 4 nitrogen and oxygen atoms in total. The minimum Gasteiger partial charge on any atom is -0.282 e. The van der Waals surface area contributed by atoms with Crippen molar-refractivity contribution in [3.8, 4) is 0 Å². The molecule has 1 aromatic rings. The van der Waals surface area contributed by atoms with E-state index in [2.05, 4.69) is 9.71 Å². The standard InChI is InChI=1S/C8H11ClN2O2S/c1-7-2-4-10-6-8(7)11-14(12,13)5-3-9/h2,4,6,11H,3,5H2,1H3. The Hall–Kier alpha value is -0.810. The van der Waals surface area contributed by atoms with E-state index in [4.69, 9.17) is 11.6 Å². The fraction of sp³-hybridized carbons (Fsp3) is 0.375. The van der Waals surface area contributed by atoms with Crippen LogP contribution in [-0.2, 0) is 10.0 Å². The summed E-state index contributed by atoms with van der Waals surface area (Å²) >= 11 is 5.36. The van der Waals surface area contributed by atoms with E-state index in [1.165, 1.54) is 6.20 Å². The quantitative estimate of drug-likeness (QED) is 0.801. The summed E-state index contributed by atoms with van der Waals surface area (Å²) in [7, 11) is -3.33. The van der Waals surface area contributed by atoms with Crippen molar-refractivity contribution in [2.45, 2.75) is 6.92 Å². The van der Waals surface area contributed by atoms with Crippen molar-refractivity contribution >= 4 is 27.3 Å². The Balaban J connectivity index is 2.84. The second kappa shape index (κ2) is 4.61. The van der Waals surface area contributed by atoms with Gasteiger partial charge in [-0.15, -0.1) is 11.6 Å². The van der Waals surface area contributed by atoms with E-state index in [-0.39, 0.29) is 11.6 Å². The van der Waals surface area contributed by atoms with E-state index in [0.717, 1.165) is 5.56 Å². The molecule has 0 spiro atoms. The van der Waals surface area contributed by atoms with Gasteiger partial charge in [-0.25, -0.2) is 8.42 Å². The van der Waals surface area contributed by atoms with Gasteiger partial charge < -0.3 is 0 Å². The van der Waals surface area contributed by atoms with E-state index < -0.39 is 10.0 Å². The molecule has 1 heterocycles. The topological polar surface area (TPSA) is 59.1 Å². The van der Waals surface area contributed by atoms with Gasteiger partial charge in [0.2, 0.25) is 10.0 Å². The van der Waals surface area contributed by atoms with E-state index in [1.807, 2.05) is 0 Å². The van der Waals surface area contributed by atoms with Crippen LogP contribution in [0, 0.1) is 6.92 Å². The minimum absolute atomic E-state index is 0.0780. The molecule has 0 saturated carbocycles. The lowest BCUT2D eigenvalue weighted by molar-refractivity contribution is 0.602. The van der Waals surface area contributed by atoms with Crippen LogP contribution in [0.2, 0.25) is 0 Å². The van der Waals surface area contributed by atoms with Gasteiger partial charge in [0.1, 0.15) is 0 Å². The third kappa shape index (κ3) is 3.16. The number of nitrogens with zero attached hydrogens (tertiary/aromatic N) is 1. The highest BCUT2D eigenvalue weighted by Gasteiger charge is 2.10. The maximum Gasteiger partial charge on any atom is 0.233 e. The third-order valence-corrected chi connectivity index (χ3v) is 3.34. The SMILES string of the molecule is Cc1ccncc1NS(=O)(=O)CCCl. The highest BCUT2D eigenvalue weighted by molar-refractivity contribution is 7.92. The number of sulfonamides is 1. The number of aromatic nitrogens is 1. The maximum atomic E-state index is 11.3. The number of hydrogen-bond donors (Lipinski definition) is 1. The van der Waals surface area contributed by atoms with Gasteiger partial charge in [-0.2, -0.15) is 0 Å². The van der Waals surface area contributed by atoms with Gasteiger partial charge in [0.15, 0.2) is 0 Å². The summed E-state index contributed by atoms with van der Waals surface area (Å²) in [6, 6.07) is 1.73. The van der Waals surface area contributed by atoms with Gasteiger partial charge in [-0.05, 0) is 18.6 Å². The molecular weight excluding hydrogens is 224 g/mol. The zero-order valence-corrected chi connectivity index (χ0v) is 9.27. The lowest BCUT2D eigenvalue weighted by atomic mass is 10.3. The molecule has 1 aromatic heterocycles. The van der Waals surface area contributed by atoms with Gasteiger partial charge in [-0.3, -0.25) is 9.71 Å². The molecule has 1 rings (SSSR count). The van der Waals surface area contributed by atoms with Crippen LogP contribution in [0.4, 0.5) is 5.69 Å². The van der Waals surface area contributed by atoms with Crippen molar-refractivity contribution in [1.82, 2.24) is 4.98 Å². The molecule has 6 heteroatoms. The number of nitrogens with one attached hydrogen (secondary N) is 1. The third-order valence-electron chi connectivity index (χ3n) is 1.65. The summed E-state index contributed by atoms with van der Waals surface area (Å²) in [5, 5.41) is 0. The Morgan fingerprint density at radius 2 is 2.29 bits per heavy atom. The Labute approximate surface area is 88.4 Å². The van der Waals surface area contributed by atoms with Crippen LogP contribution >= 0.6 is 11.6 Å². The molecule has 0 saturated heterocycles. The average molecular weight is 235 g/mol. The van der Waals surface area contributed by atoms with Crippen LogP contribution < -0.4 is 4.72 Å². The van der Waals surface area contributed by atoms with Gasteiger partial charge in [0, 0.05) is 12.1 Å². The molecule has 1 N–H and O–H groups in total. The Morgan fingerprint density at radius 1 is 1.57 bits per heavy atom. The van der Waals surface area contributed by atoms with Crippen LogP contribution in [0.25, 0.3) is 0 Å². The van der Waals surface area contributed by atoms with Crippen molar-refractivity contribution < 1.29 is 8.42 Å². The molecule has 14 heavy (non-hydrogen) atoms. The first-order chi connectivity index (χ1) is 6.55. The van der Waals surface area contributed by atoms with Crippen molar-refractivity contribution in [2.24, 2.45) is 0 Å². The van der Waals surface area contributed by atoms with E-state index >= 15 is 0 Å². The Morgan fingerprint density at radius 3 is 2.86 bits per heavy atom. The molecule has 0 atom stereocenters. The number of pyridine rings is 1. The van der Waals surface area contributed by atoms with Crippen molar-refractivity contribution in [2.75, 3.05) is 16.4 Å². The molecule has 0 unspecified atom stereocenters. The average Bonchev–Trinajstić information content (AvgIpc) is 2.08. The van der Waals surface area contributed by atoms with Crippen LogP contribution in [0.15, 0.2) is 18.5 Å². The van der Waals surface area contributed by atoms with Gasteiger partial charge in [-0.1, -0.05) is 0 Å². The minimum atomic E-state index is -3.33. The number of halogens is 1. The van der Waals surface area contributed by atoms with Crippen molar-refractivity contribution in [3.05, 3.63) is 24.0 Å². The van der Waals surface area contributed by atoms with Crippen LogP contribution in [0.5, 0.6) is 0 Å². The summed E-state index contributed by atoms with van der Waals surface area (Å²) < 4.78 is 25.1. The number of hydrogen-bond acceptors (Lipinski definition) is 3. The summed E-state index contributed by atoms with van der Waals surface area (Å²) in [6.45, 7) is 1.81. The summed E-state index contributed by atoms with van der Waals surface area (Å²) in [5.74, 6) is -0.0163. The Kier molecular flexibility index (Phi) is 3.71. The van der Waals surface area contributed by atoms with E-state index in [1.54, 1.807) is 19.2 Å². The molecular formula is C8H11ClN2O2S. The second-order valence-electron chi connectivity index (χ2n) is 2.80. The van der Waals surface area contributed by atoms with Crippen molar-refractivity contribution in [3.63, 3.8) is 0 Å². The summed E-state index contributed by atoms with van der Waals surface area (Å²) in [5.41, 5.74) is 1.33. The van der Waals surface area contributed by atoms with Crippen LogP contribution in [0.1, 0.15) is 5.56 Å². The Bertz CT molecular complexity index is 406. The molecule has 0 aliphatic carbocycles. The predicted octanol–water partition coefficient (Wildman–Crippen LogP) is 1.37. The van der Waals surface area contributed by atoms with Crippen LogP contribution in [0.3, 0.4) is 0 Å². The predicted molar refractivity (Wildman–Crippen MR) is 57.1 cm³/mol. The molecule has 0 amide bonds. The molecule has 0 bridgehead atoms. The molecule has 78 valence electrons. The largest absolute Gasteiger partial charge is 0.282 e. The second-order valence-corrected chi connectivity index (χ2v) is 5.02. The molecule has 0 aromatic carbocycles. The van der Waals surface area contributed by atoms with Gasteiger partial charge in [0.25, 0.3) is 0 Å². The van der Waals surface area contributed by atoms with E-state index in [9.17, 15) is 8.42 Å². The summed E-state index contributed by atoms with van der Waals surface area (Å²) in [6.07, 6.45) is 3.08. The highest BCUT2D eigenvalue weighted by atomic mass is 35.5. The normalized spacial score (nSPS) is 11.3. The number of rotatable bonds is 4. The highest BCUT2D eigenvalue weighted by Crippen LogP contribution is 2.13. The van der Waals surface area contributed by atoms with Gasteiger partial charge in [0.05, 0.1) is 17.6 Å². The molecule has 0 aliphatic heterocycles. The monoisotopic (exact) mass is 234 g/mol. The maximum absolute atomic E-state index is 11.3. The molecule has 0 radical (unpaired) electrons. The fourth-order valence-electron chi connectivity index (χ4n) is 0.891. The first kappa shape index (κ1) is 11.3. The van der Waals surface area contributed by atoms with Crippen molar-refractivity contribution in [1.29, 1.82) is 0 Å². The van der Waals surface area contributed by atoms with E-state index in [0.29, 0.717) is 5.69 Å². The first-order valence-corrected chi connectivity index (χ1v) is 6.21. The number of alkyl halides is 1. The molecule has 0 aliphatic rings. The zero-order valence-electron chi connectivity index (χ0n) is 7.70. The van der Waals surface area contributed by atoms with Crippen LogP contribution in [-0.4, -0.2) is 25.0 Å². The lowest BCUT2D eigenvalue weighted by Crippen LogP contribution is -2.18.